The van der Waals surface area contributed by atoms with Crippen LogP contribution in [-0.2, 0) is 4.79 Å². The van der Waals surface area contributed by atoms with Gasteiger partial charge in [0.15, 0.2) is 5.69 Å². The first-order valence-electron chi connectivity index (χ1n) is 6.20. The van der Waals surface area contributed by atoms with E-state index < -0.39 is 23.8 Å². The largest absolute Gasteiger partial charge is 0.505 e. The minimum absolute atomic E-state index is 0.0274. The molecule has 2 atom stereocenters. The number of pyridine rings is 1. The van der Waals surface area contributed by atoms with Gasteiger partial charge in [0.2, 0.25) is 0 Å². The van der Waals surface area contributed by atoms with Crippen molar-refractivity contribution in [1.29, 1.82) is 0 Å². The van der Waals surface area contributed by atoms with Crippen molar-refractivity contribution in [3.63, 3.8) is 0 Å². The topological polar surface area (TPSA) is 90.7 Å². The molecule has 0 spiro atoms. The van der Waals surface area contributed by atoms with Gasteiger partial charge >= 0.3 is 5.97 Å². The Morgan fingerprint density at radius 2 is 2.21 bits per heavy atom. The van der Waals surface area contributed by atoms with E-state index in [0.717, 1.165) is 0 Å². The molecular weight excluding hydrogens is 248 g/mol. The summed E-state index contributed by atoms with van der Waals surface area (Å²) >= 11 is 0. The SMILES string of the molecule is C[C@@H]1[C@H](C(=O)O)CCCN1C(=O)c1ncccc1O. The van der Waals surface area contributed by atoms with Crippen molar-refractivity contribution in [2.45, 2.75) is 25.8 Å². The molecule has 0 saturated carbocycles. The number of likely N-dealkylation sites (tertiary alicyclic amines) is 1. The summed E-state index contributed by atoms with van der Waals surface area (Å²) in [7, 11) is 0. The van der Waals surface area contributed by atoms with Gasteiger partial charge in [0.05, 0.1) is 5.92 Å². The van der Waals surface area contributed by atoms with Crippen molar-refractivity contribution >= 4 is 11.9 Å². The molecule has 1 amide bonds. The highest BCUT2D eigenvalue weighted by molar-refractivity contribution is 5.95. The quantitative estimate of drug-likeness (QED) is 0.835. The molecule has 19 heavy (non-hydrogen) atoms. The van der Waals surface area contributed by atoms with Crippen LogP contribution in [0.3, 0.4) is 0 Å². The fourth-order valence-corrected chi connectivity index (χ4v) is 2.46. The summed E-state index contributed by atoms with van der Waals surface area (Å²) in [6, 6.07) is 2.52. The van der Waals surface area contributed by atoms with Crippen LogP contribution in [0.1, 0.15) is 30.3 Å². The smallest absolute Gasteiger partial charge is 0.308 e. The van der Waals surface area contributed by atoms with Gasteiger partial charge in [-0.15, -0.1) is 0 Å². The summed E-state index contributed by atoms with van der Waals surface area (Å²) in [5, 5.41) is 18.8. The van der Waals surface area contributed by atoms with Gasteiger partial charge in [-0.2, -0.15) is 0 Å². The highest BCUT2D eigenvalue weighted by Gasteiger charge is 2.36. The number of carbonyl (C=O) groups is 2. The zero-order valence-corrected chi connectivity index (χ0v) is 10.6. The first kappa shape index (κ1) is 13.3. The zero-order chi connectivity index (χ0) is 14.0. The van der Waals surface area contributed by atoms with Crippen molar-refractivity contribution in [1.82, 2.24) is 9.88 Å². The van der Waals surface area contributed by atoms with Crippen molar-refractivity contribution in [2.75, 3.05) is 6.54 Å². The third-order valence-electron chi connectivity index (χ3n) is 3.56. The van der Waals surface area contributed by atoms with E-state index in [1.165, 1.54) is 23.2 Å². The van der Waals surface area contributed by atoms with E-state index in [1.807, 2.05) is 0 Å². The van der Waals surface area contributed by atoms with E-state index in [-0.39, 0.29) is 11.4 Å². The number of carboxylic acid groups (broad SMARTS) is 1. The summed E-state index contributed by atoms with van der Waals surface area (Å²) in [5.41, 5.74) is -0.0274. The lowest BCUT2D eigenvalue weighted by molar-refractivity contribution is -0.144. The van der Waals surface area contributed by atoms with Crippen molar-refractivity contribution in [2.24, 2.45) is 5.92 Å². The number of aromatic hydroxyl groups is 1. The van der Waals surface area contributed by atoms with Crippen LogP contribution in [0, 0.1) is 5.92 Å². The third kappa shape index (κ3) is 2.52. The van der Waals surface area contributed by atoms with Crippen LogP contribution in [0.15, 0.2) is 18.3 Å². The molecule has 102 valence electrons. The van der Waals surface area contributed by atoms with Crippen LogP contribution in [0.4, 0.5) is 0 Å². The van der Waals surface area contributed by atoms with Crippen molar-refractivity contribution in [3.8, 4) is 5.75 Å². The van der Waals surface area contributed by atoms with E-state index in [4.69, 9.17) is 5.11 Å². The van der Waals surface area contributed by atoms with Gasteiger partial charge in [-0.05, 0) is 31.9 Å². The number of hydrogen-bond donors (Lipinski definition) is 2. The number of rotatable bonds is 2. The summed E-state index contributed by atoms with van der Waals surface area (Å²) in [4.78, 5) is 28.8. The molecule has 1 aromatic rings. The lowest BCUT2D eigenvalue weighted by atomic mass is 9.90. The fraction of sp³-hybridized carbons (Fsp3) is 0.462. The Balaban J connectivity index is 2.24. The number of aromatic nitrogens is 1. The fourth-order valence-electron chi connectivity index (χ4n) is 2.46. The molecule has 1 aliphatic rings. The highest BCUT2D eigenvalue weighted by Crippen LogP contribution is 2.26. The van der Waals surface area contributed by atoms with Gasteiger partial charge < -0.3 is 15.1 Å². The minimum Gasteiger partial charge on any atom is -0.505 e. The lowest BCUT2D eigenvalue weighted by Gasteiger charge is -2.37. The third-order valence-corrected chi connectivity index (χ3v) is 3.56. The second-order valence-corrected chi connectivity index (χ2v) is 4.70. The Hall–Kier alpha value is -2.11. The maximum absolute atomic E-state index is 12.3. The van der Waals surface area contributed by atoms with E-state index >= 15 is 0 Å². The standard InChI is InChI=1S/C13H16N2O4/c1-8-9(13(18)19)4-3-7-15(8)12(17)11-10(16)5-2-6-14-11/h2,5-6,8-9,16H,3-4,7H2,1H3,(H,18,19)/t8-,9-/m1/s1. The number of carbonyl (C=O) groups excluding carboxylic acids is 1. The number of piperidine rings is 1. The van der Waals surface area contributed by atoms with Crippen LogP contribution >= 0.6 is 0 Å². The Labute approximate surface area is 110 Å². The molecule has 2 rings (SSSR count). The predicted molar refractivity (Wildman–Crippen MR) is 66.8 cm³/mol. The number of aliphatic carboxylic acids is 1. The lowest BCUT2D eigenvalue weighted by Crippen LogP contribution is -2.49. The van der Waals surface area contributed by atoms with Crippen LogP contribution < -0.4 is 0 Å². The predicted octanol–water partition coefficient (Wildman–Crippen LogP) is 1.11. The number of hydrogen-bond acceptors (Lipinski definition) is 4. The number of nitrogens with zero attached hydrogens (tertiary/aromatic N) is 2. The molecule has 2 heterocycles. The molecule has 0 bridgehead atoms. The Bertz CT molecular complexity index is 503. The van der Waals surface area contributed by atoms with Crippen LogP contribution in [0.2, 0.25) is 0 Å². The molecule has 6 heteroatoms. The molecule has 2 N–H and O–H groups in total. The van der Waals surface area contributed by atoms with E-state index in [0.29, 0.717) is 19.4 Å². The second kappa shape index (κ2) is 5.26. The van der Waals surface area contributed by atoms with Gasteiger partial charge in [-0.1, -0.05) is 0 Å². The van der Waals surface area contributed by atoms with Gasteiger partial charge in [0.1, 0.15) is 5.75 Å². The first-order valence-corrected chi connectivity index (χ1v) is 6.20. The normalized spacial score (nSPS) is 23.1. The molecule has 0 unspecified atom stereocenters. The first-order chi connectivity index (χ1) is 9.02. The zero-order valence-electron chi connectivity index (χ0n) is 10.6. The minimum atomic E-state index is -0.893. The molecule has 0 radical (unpaired) electrons. The van der Waals surface area contributed by atoms with Gasteiger partial charge in [-0.3, -0.25) is 9.59 Å². The summed E-state index contributed by atoms with van der Waals surface area (Å²) in [6.45, 7) is 2.20. The molecule has 1 fully saturated rings. The van der Waals surface area contributed by atoms with Gasteiger partial charge in [-0.25, -0.2) is 4.98 Å². The molecule has 1 saturated heterocycles. The molecule has 0 aromatic carbocycles. The average Bonchev–Trinajstić information content (AvgIpc) is 2.38. The van der Waals surface area contributed by atoms with Crippen molar-refractivity contribution in [3.05, 3.63) is 24.0 Å². The number of carboxylic acids is 1. The Kier molecular flexibility index (Phi) is 3.69. The van der Waals surface area contributed by atoms with Crippen LogP contribution in [0.25, 0.3) is 0 Å². The number of amides is 1. The van der Waals surface area contributed by atoms with Crippen LogP contribution in [-0.4, -0.2) is 44.6 Å². The Morgan fingerprint density at radius 1 is 1.47 bits per heavy atom. The maximum atomic E-state index is 12.3. The molecule has 1 aromatic heterocycles. The summed E-state index contributed by atoms with van der Waals surface area (Å²) in [6.07, 6.45) is 2.63. The molecule has 0 aliphatic carbocycles. The monoisotopic (exact) mass is 264 g/mol. The molecule has 1 aliphatic heterocycles. The van der Waals surface area contributed by atoms with E-state index in [9.17, 15) is 14.7 Å². The van der Waals surface area contributed by atoms with Gasteiger partial charge in [0, 0.05) is 18.8 Å². The summed E-state index contributed by atoms with van der Waals surface area (Å²) in [5.74, 6) is -2.06. The van der Waals surface area contributed by atoms with E-state index in [2.05, 4.69) is 4.98 Å². The highest BCUT2D eigenvalue weighted by atomic mass is 16.4. The summed E-state index contributed by atoms with van der Waals surface area (Å²) < 4.78 is 0. The Morgan fingerprint density at radius 3 is 2.84 bits per heavy atom. The molecular formula is C13H16N2O4. The van der Waals surface area contributed by atoms with Crippen molar-refractivity contribution < 1.29 is 19.8 Å². The average molecular weight is 264 g/mol. The van der Waals surface area contributed by atoms with Gasteiger partial charge in [0.25, 0.3) is 5.91 Å². The second-order valence-electron chi connectivity index (χ2n) is 4.70. The van der Waals surface area contributed by atoms with E-state index in [1.54, 1.807) is 6.92 Å². The maximum Gasteiger partial charge on any atom is 0.308 e. The molecule has 6 nitrogen and oxygen atoms in total. The van der Waals surface area contributed by atoms with Crippen LogP contribution in [0.5, 0.6) is 5.75 Å².